The van der Waals surface area contributed by atoms with Gasteiger partial charge in [0.1, 0.15) is 5.82 Å². The average Bonchev–Trinajstić information content (AvgIpc) is 2.46. The van der Waals surface area contributed by atoms with E-state index in [-0.39, 0.29) is 5.69 Å². The van der Waals surface area contributed by atoms with Gasteiger partial charge in [-0.15, -0.1) is 0 Å². The number of anilines is 1. The minimum absolute atomic E-state index is 0.0532. The van der Waals surface area contributed by atoms with E-state index in [9.17, 15) is 10.1 Å². The van der Waals surface area contributed by atoms with Gasteiger partial charge in [0.15, 0.2) is 0 Å². The topological polar surface area (TPSA) is 81.0 Å². The van der Waals surface area contributed by atoms with Gasteiger partial charge in [-0.3, -0.25) is 15.1 Å². The van der Waals surface area contributed by atoms with Gasteiger partial charge in [0.2, 0.25) is 0 Å². The highest BCUT2D eigenvalue weighted by Crippen LogP contribution is 2.19. The Bertz CT molecular complexity index is 587. The molecule has 0 aromatic carbocycles. The van der Waals surface area contributed by atoms with Gasteiger partial charge < -0.3 is 5.32 Å². The lowest BCUT2D eigenvalue weighted by molar-refractivity contribution is -0.384. The predicted molar refractivity (Wildman–Crippen MR) is 76.7 cm³/mol. The number of nitro groups is 1. The number of rotatable bonds is 6. The molecule has 6 nitrogen and oxygen atoms in total. The van der Waals surface area contributed by atoms with Gasteiger partial charge in [-0.2, -0.15) is 0 Å². The number of aromatic nitrogens is 2. The molecule has 0 saturated heterocycles. The monoisotopic (exact) mass is 272 g/mol. The van der Waals surface area contributed by atoms with Gasteiger partial charge in [0.05, 0.1) is 16.7 Å². The van der Waals surface area contributed by atoms with Crippen molar-refractivity contribution in [3.8, 4) is 0 Å². The Morgan fingerprint density at radius 1 is 1.40 bits per heavy atom. The van der Waals surface area contributed by atoms with Crippen molar-refractivity contribution >= 4 is 11.5 Å². The van der Waals surface area contributed by atoms with Crippen molar-refractivity contribution in [2.75, 3.05) is 11.9 Å². The van der Waals surface area contributed by atoms with Crippen molar-refractivity contribution in [2.45, 2.75) is 19.8 Å². The van der Waals surface area contributed by atoms with Crippen LogP contribution in [0.3, 0.4) is 0 Å². The van der Waals surface area contributed by atoms with Crippen molar-refractivity contribution < 1.29 is 4.92 Å². The summed E-state index contributed by atoms with van der Waals surface area (Å²) in [7, 11) is 0. The molecule has 1 N–H and O–H groups in total. The van der Waals surface area contributed by atoms with Crippen LogP contribution in [0.4, 0.5) is 11.5 Å². The van der Waals surface area contributed by atoms with Crippen LogP contribution in [0, 0.1) is 10.1 Å². The summed E-state index contributed by atoms with van der Waals surface area (Å²) in [6, 6.07) is 6.72. The zero-order chi connectivity index (χ0) is 14.4. The van der Waals surface area contributed by atoms with E-state index in [2.05, 4.69) is 15.3 Å². The van der Waals surface area contributed by atoms with Crippen molar-refractivity contribution in [1.82, 2.24) is 9.97 Å². The molecule has 0 aliphatic rings. The zero-order valence-electron chi connectivity index (χ0n) is 11.2. The molecule has 0 spiro atoms. The van der Waals surface area contributed by atoms with E-state index in [0.717, 1.165) is 18.5 Å². The van der Waals surface area contributed by atoms with Crippen LogP contribution >= 0.6 is 0 Å². The van der Waals surface area contributed by atoms with Crippen LogP contribution in [0.5, 0.6) is 0 Å². The number of nitrogens with zero attached hydrogens (tertiary/aromatic N) is 3. The van der Waals surface area contributed by atoms with E-state index < -0.39 is 4.92 Å². The van der Waals surface area contributed by atoms with Crippen LogP contribution in [-0.2, 0) is 6.42 Å². The van der Waals surface area contributed by atoms with Gasteiger partial charge in [0.25, 0.3) is 5.69 Å². The maximum atomic E-state index is 11.0. The van der Waals surface area contributed by atoms with E-state index in [1.807, 2.05) is 19.1 Å². The first-order valence-corrected chi connectivity index (χ1v) is 6.47. The number of hydrogen-bond donors (Lipinski definition) is 1. The first-order chi connectivity index (χ1) is 9.69. The van der Waals surface area contributed by atoms with Gasteiger partial charge >= 0.3 is 0 Å². The second kappa shape index (κ2) is 6.60. The van der Waals surface area contributed by atoms with Gasteiger partial charge in [0, 0.05) is 31.4 Å². The van der Waals surface area contributed by atoms with Crippen LogP contribution < -0.4 is 5.32 Å². The van der Waals surface area contributed by atoms with Crippen LogP contribution in [0.25, 0.3) is 0 Å². The molecule has 0 saturated carbocycles. The molecule has 0 amide bonds. The lowest BCUT2D eigenvalue weighted by Crippen LogP contribution is -2.05. The van der Waals surface area contributed by atoms with Gasteiger partial charge in [-0.25, -0.2) is 4.98 Å². The van der Waals surface area contributed by atoms with E-state index in [1.54, 1.807) is 12.4 Å². The highest BCUT2D eigenvalue weighted by atomic mass is 16.6. The second-order valence-corrected chi connectivity index (χ2v) is 4.42. The summed E-state index contributed by atoms with van der Waals surface area (Å²) in [5, 5.41) is 14.1. The Morgan fingerprint density at radius 3 is 2.90 bits per heavy atom. The Morgan fingerprint density at radius 2 is 2.25 bits per heavy atom. The molecule has 0 aliphatic heterocycles. The highest BCUT2D eigenvalue weighted by molar-refractivity contribution is 5.47. The molecule has 0 radical (unpaired) electrons. The van der Waals surface area contributed by atoms with Crippen molar-refractivity contribution in [3.05, 3.63) is 58.0 Å². The number of nitrogens with one attached hydrogen (secondary N) is 1. The van der Waals surface area contributed by atoms with E-state index in [0.29, 0.717) is 17.9 Å². The molecule has 2 aromatic heterocycles. The minimum Gasteiger partial charge on any atom is -0.370 e. The molecule has 6 heteroatoms. The molecular formula is C14H16N4O2. The fourth-order valence-corrected chi connectivity index (χ4v) is 1.82. The maximum absolute atomic E-state index is 11.0. The number of hydrogen-bond acceptors (Lipinski definition) is 5. The summed E-state index contributed by atoms with van der Waals surface area (Å²) in [6.07, 6.45) is 4.89. The average molecular weight is 272 g/mol. The molecule has 0 fully saturated rings. The molecule has 0 atom stereocenters. The van der Waals surface area contributed by atoms with E-state index >= 15 is 0 Å². The molecule has 0 unspecified atom stereocenters. The lowest BCUT2D eigenvalue weighted by atomic mass is 10.1. The van der Waals surface area contributed by atoms with E-state index in [4.69, 9.17) is 0 Å². The third kappa shape index (κ3) is 3.74. The first-order valence-electron chi connectivity index (χ1n) is 6.47. The quantitative estimate of drug-likeness (QED) is 0.646. The summed E-state index contributed by atoms with van der Waals surface area (Å²) in [4.78, 5) is 19.0. The molecule has 104 valence electrons. The molecule has 2 aromatic rings. The highest BCUT2D eigenvalue weighted by Gasteiger charge is 2.11. The van der Waals surface area contributed by atoms with Crippen LogP contribution in [0.1, 0.15) is 24.6 Å². The molecule has 20 heavy (non-hydrogen) atoms. The Labute approximate surface area is 117 Å². The molecule has 2 heterocycles. The summed E-state index contributed by atoms with van der Waals surface area (Å²) in [5.41, 5.74) is 1.69. The largest absolute Gasteiger partial charge is 0.370 e. The normalized spacial score (nSPS) is 10.2. The second-order valence-electron chi connectivity index (χ2n) is 4.42. The van der Waals surface area contributed by atoms with Crippen molar-refractivity contribution in [3.63, 3.8) is 0 Å². The third-order valence-electron chi connectivity index (χ3n) is 2.74. The zero-order valence-corrected chi connectivity index (χ0v) is 11.2. The van der Waals surface area contributed by atoms with Gasteiger partial charge in [-0.05, 0) is 18.1 Å². The molecule has 0 aliphatic carbocycles. The fraction of sp³-hybridized carbons (Fsp3) is 0.286. The van der Waals surface area contributed by atoms with Crippen LogP contribution in [0.15, 0.2) is 36.7 Å². The minimum atomic E-state index is -0.397. The Hall–Kier alpha value is -2.50. The summed E-state index contributed by atoms with van der Waals surface area (Å²) in [5.74, 6) is 0.542. The standard InChI is InChI=1S/C14H16N4O2/c1-2-5-16-14-9-13(18(19)20)8-12(17-14)7-11-4-3-6-15-10-11/h3-4,6,8-10H,2,5,7H2,1H3,(H,16,17). The van der Waals surface area contributed by atoms with Gasteiger partial charge in [-0.1, -0.05) is 13.0 Å². The smallest absolute Gasteiger partial charge is 0.274 e. The first kappa shape index (κ1) is 13.9. The van der Waals surface area contributed by atoms with Crippen molar-refractivity contribution in [1.29, 1.82) is 0 Å². The SMILES string of the molecule is CCCNc1cc([N+](=O)[O-])cc(Cc2cccnc2)n1. The predicted octanol–water partition coefficient (Wildman–Crippen LogP) is 2.80. The fourth-order valence-electron chi connectivity index (χ4n) is 1.82. The summed E-state index contributed by atoms with van der Waals surface area (Å²) in [6.45, 7) is 2.77. The molecule has 0 bridgehead atoms. The molecule has 2 rings (SSSR count). The summed E-state index contributed by atoms with van der Waals surface area (Å²) < 4.78 is 0. The maximum Gasteiger partial charge on any atom is 0.274 e. The Balaban J connectivity index is 2.26. The number of pyridine rings is 2. The summed E-state index contributed by atoms with van der Waals surface area (Å²) >= 11 is 0. The Kier molecular flexibility index (Phi) is 4.60. The molecular weight excluding hydrogens is 256 g/mol. The van der Waals surface area contributed by atoms with Crippen LogP contribution in [0.2, 0.25) is 0 Å². The lowest BCUT2D eigenvalue weighted by Gasteiger charge is -2.07. The van der Waals surface area contributed by atoms with E-state index in [1.165, 1.54) is 12.1 Å². The third-order valence-corrected chi connectivity index (χ3v) is 2.74. The van der Waals surface area contributed by atoms with Crippen LogP contribution in [-0.4, -0.2) is 21.4 Å². The van der Waals surface area contributed by atoms with Crippen molar-refractivity contribution in [2.24, 2.45) is 0 Å².